The average Bonchev–Trinajstić information content (AvgIpc) is 3.26. The van der Waals surface area contributed by atoms with Crippen LogP contribution in [0.5, 0.6) is 0 Å². The molecule has 1 aliphatic rings. The molecule has 1 atom stereocenters. The highest BCUT2D eigenvalue weighted by molar-refractivity contribution is 7.89. The van der Waals surface area contributed by atoms with Gasteiger partial charge >= 0.3 is 0 Å². The smallest absolute Gasteiger partial charge is 0.243 e. The Morgan fingerprint density at radius 1 is 1.17 bits per heavy atom. The van der Waals surface area contributed by atoms with Gasteiger partial charge in [0.25, 0.3) is 0 Å². The van der Waals surface area contributed by atoms with Crippen LogP contribution in [-0.4, -0.2) is 49.4 Å². The molecule has 1 unspecified atom stereocenters. The van der Waals surface area contributed by atoms with Gasteiger partial charge < -0.3 is 15.2 Å². The molecule has 0 saturated carbocycles. The fraction of sp³-hybridized carbons (Fsp3) is 0.500. The molecule has 8 heteroatoms. The van der Waals surface area contributed by atoms with Crippen molar-refractivity contribution >= 4 is 16.0 Å². The van der Waals surface area contributed by atoms with Crippen LogP contribution in [0, 0.1) is 5.92 Å². The van der Waals surface area contributed by atoms with E-state index in [2.05, 4.69) is 27.1 Å². The predicted octanol–water partition coefficient (Wildman–Crippen LogP) is 2.66. The number of benzene rings is 1. The molecule has 2 N–H and O–H groups in total. The second-order valence-electron chi connectivity index (χ2n) is 7.80. The van der Waals surface area contributed by atoms with E-state index >= 15 is 0 Å². The summed E-state index contributed by atoms with van der Waals surface area (Å²) >= 11 is 0. The number of hydrogen-bond acceptors (Lipinski definition) is 3. The summed E-state index contributed by atoms with van der Waals surface area (Å²) in [5.41, 5.74) is 0.976. The van der Waals surface area contributed by atoms with Crippen LogP contribution in [0.25, 0.3) is 0 Å². The number of sulfonamides is 1. The van der Waals surface area contributed by atoms with Gasteiger partial charge in [0.05, 0.1) is 11.4 Å². The van der Waals surface area contributed by atoms with Gasteiger partial charge in [-0.1, -0.05) is 19.1 Å². The van der Waals surface area contributed by atoms with Crippen molar-refractivity contribution in [3.8, 4) is 0 Å². The molecule has 3 rings (SSSR count). The maximum Gasteiger partial charge on any atom is 0.243 e. The Hall–Kier alpha value is -2.32. The van der Waals surface area contributed by atoms with Crippen LogP contribution in [0.15, 0.2) is 58.7 Å². The number of aromatic nitrogens is 1. The maximum absolute atomic E-state index is 12.9. The first-order valence-corrected chi connectivity index (χ1v) is 12.1. The number of piperidine rings is 1. The third-order valence-electron chi connectivity index (χ3n) is 5.27. The molecule has 0 radical (unpaired) electrons. The molecule has 7 nitrogen and oxygen atoms in total. The molecule has 1 aromatic carbocycles. The molecular weight excluding hydrogens is 398 g/mol. The van der Waals surface area contributed by atoms with Gasteiger partial charge in [-0.3, -0.25) is 0 Å². The molecule has 2 aromatic rings. The molecule has 0 amide bonds. The molecule has 30 heavy (non-hydrogen) atoms. The molecule has 1 aliphatic heterocycles. The quantitative estimate of drug-likeness (QED) is 0.498. The Kier molecular flexibility index (Phi) is 7.93. The summed E-state index contributed by atoms with van der Waals surface area (Å²) in [6.45, 7) is 8.25. The third kappa shape index (κ3) is 6.09. The van der Waals surface area contributed by atoms with E-state index in [1.165, 1.54) is 0 Å². The van der Waals surface area contributed by atoms with E-state index in [4.69, 9.17) is 0 Å². The fourth-order valence-electron chi connectivity index (χ4n) is 3.62. The summed E-state index contributed by atoms with van der Waals surface area (Å²) in [6, 6.07) is 11.1. The Labute approximate surface area is 180 Å². The molecule has 1 saturated heterocycles. The largest absolute Gasteiger partial charge is 0.357 e. The van der Waals surface area contributed by atoms with E-state index < -0.39 is 10.0 Å². The molecule has 1 aromatic heterocycles. The summed E-state index contributed by atoms with van der Waals surface area (Å²) in [4.78, 5) is 4.98. The van der Waals surface area contributed by atoms with Crippen molar-refractivity contribution in [3.63, 3.8) is 0 Å². The first-order chi connectivity index (χ1) is 14.5. The minimum Gasteiger partial charge on any atom is -0.357 e. The van der Waals surface area contributed by atoms with Crippen LogP contribution in [0.2, 0.25) is 0 Å². The number of aliphatic imine (C=N–C) groups is 1. The highest BCUT2D eigenvalue weighted by Gasteiger charge is 2.28. The number of hydrogen-bond donors (Lipinski definition) is 2. The van der Waals surface area contributed by atoms with Crippen LogP contribution in [0.4, 0.5) is 0 Å². The first-order valence-electron chi connectivity index (χ1n) is 10.7. The van der Waals surface area contributed by atoms with Crippen molar-refractivity contribution in [1.29, 1.82) is 0 Å². The zero-order chi connectivity index (χ0) is 21.4. The highest BCUT2D eigenvalue weighted by atomic mass is 32.2. The SMILES string of the molecule is CCNC(=NCc1ccc(S(=O)(=O)N2CCCC(C)C2)cc1)NCCn1cccc1. The summed E-state index contributed by atoms with van der Waals surface area (Å²) in [7, 11) is -3.41. The Balaban J connectivity index is 1.58. The molecule has 0 bridgehead atoms. The van der Waals surface area contributed by atoms with Gasteiger partial charge in [-0.05, 0) is 55.5 Å². The van der Waals surface area contributed by atoms with Crippen LogP contribution < -0.4 is 10.6 Å². The number of guanidine groups is 1. The van der Waals surface area contributed by atoms with Gasteiger partial charge in [-0.25, -0.2) is 13.4 Å². The Bertz CT molecular complexity index is 908. The zero-order valence-corrected chi connectivity index (χ0v) is 18.7. The van der Waals surface area contributed by atoms with E-state index in [0.717, 1.165) is 44.0 Å². The van der Waals surface area contributed by atoms with E-state index in [9.17, 15) is 8.42 Å². The molecule has 2 heterocycles. The summed E-state index contributed by atoms with van der Waals surface area (Å²) in [5, 5.41) is 6.57. The number of rotatable bonds is 8. The minimum absolute atomic E-state index is 0.362. The van der Waals surface area contributed by atoms with Crippen molar-refractivity contribution in [2.45, 2.75) is 44.7 Å². The summed E-state index contributed by atoms with van der Waals surface area (Å²) < 4.78 is 29.5. The Morgan fingerprint density at radius 2 is 1.90 bits per heavy atom. The van der Waals surface area contributed by atoms with Crippen molar-refractivity contribution in [3.05, 3.63) is 54.4 Å². The lowest BCUT2D eigenvalue weighted by Gasteiger charge is -2.30. The van der Waals surface area contributed by atoms with Crippen molar-refractivity contribution in [1.82, 2.24) is 19.5 Å². The third-order valence-corrected chi connectivity index (χ3v) is 7.15. The first kappa shape index (κ1) is 22.4. The van der Waals surface area contributed by atoms with Crippen LogP contribution in [-0.2, 0) is 23.1 Å². The number of nitrogens with one attached hydrogen (secondary N) is 2. The normalized spacial score (nSPS) is 18.3. The van der Waals surface area contributed by atoms with Crippen molar-refractivity contribution in [2.75, 3.05) is 26.2 Å². The van der Waals surface area contributed by atoms with Crippen LogP contribution in [0.3, 0.4) is 0 Å². The van der Waals surface area contributed by atoms with Crippen molar-refractivity contribution in [2.24, 2.45) is 10.9 Å². The van der Waals surface area contributed by atoms with Crippen LogP contribution in [0.1, 0.15) is 32.3 Å². The van der Waals surface area contributed by atoms with E-state index in [-0.39, 0.29) is 0 Å². The maximum atomic E-state index is 12.9. The van der Waals surface area contributed by atoms with Gasteiger partial charge in [0, 0.05) is 45.1 Å². The van der Waals surface area contributed by atoms with Gasteiger partial charge in [-0.15, -0.1) is 0 Å². The lowest BCUT2D eigenvalue weighted by Crippen LogP contribution is -2.39. The zero-order valence-electron chi connectivity index (χ0n) is 17.9. The van der Waals surface area contributed by atoms with Gasteiger partial charge in [0.2, 0.25) is 10.0 Å². The van der Waals surface area contributed by atoms with Gasteiger partial charge in [0.15, 0.2) is 5.96 Å². The predicted molar refractivity (Wildman–Crippen MR) is 121 cm³/mol. The van der Waals surface area contributed by atoms with Crippen LogP contribution >= 0.6 is 0 Å². The topological polar surface area (TPSA) is 78.7 Å². The average molecular weight is 432 g/mol. The second kappa shape index (κ2) is 10.6. The van der Waals surface area contributed by atoms with Gasteiger partial charge in [0.1, 0.15) is 0 Å². The van der Waals surface area contributed by atoms with E-state index in [1.54, 1.807) is 16.4 Å². The minimum atomic E-state index is -3.41. The van der Waals surface area contributed by atoms with E-state index in [0.29, 0.717) is 30.4 Å². The molecular formula is C22H33N5O2S. The lowest BCUT2D eigenvalue weighted by molar-refractivity contribution is 0.281. The summed E-state index contributed by atoms with van der Waals surface area (Å²) in [6.07, 6.45) is 6.09. The monoisotopic (exact) mass is 431 g/mol. The van der Waals surface area contributed by atoms with Crippen molar-refractivity contribution < 1.29 is 8.42 Å². The number of nitrogens with zero attached hydrogens (tertiary/aromatic N) is 3. The second-order valence-corrected chi connectivity index (χ2v) is 9.74. The fourth-order valence-corrected chi connectivity index (χ4v) is 5.21. The molecule has 1 fully saturated rings. The molecule has 164 valence electrons. The lowest BCUT2D eigenvalue weighted by atomic mass is 10.0. The van der Waals surface area contributed by atoms with Gasteiger partial charge in [-0.2, -0.15) is 4.31 Å². The summed E-state index contributed by atoms with van der Waals surface area (Å²) in [5.74, 6) is 1.17. The molecule has 0 spiro atoms. The molecule has 0 aliphatic carbocycles. The standard InChI is InChI=1S/C22H33N5O2S/c1-3-23-22(24-12-16-26-13-4-5-14-26)25-17-20-8-10-21(11-9-20)30(28,29)27-15-6-7-19(2)18-27/h4-5,8-11,13-14,19H,3,6-7,12,15-18H2,1-2H3,(H2,23,24,25). The Morgan fingerprint density at radius 3 is 2.57 bits per heavy atom. The highest BCUT2D eigenvalue weighted by Crippen LogP contribution is 2.23. The van der Waals surface area contributed by atoms with E-state index in [1.807, 2.05) is 43.6 Å².